The number of carbonyl (C=O) groups is 1. The van der Waals surface area contributed by atoms with Gasteiger partial charge in [0.25, 0.3) is 0 Å². The largest absolute Gasteiger partial charge is 0.450 e. The van der Waals surface area contributed by atoms with Crippen LogP contribution in [0, 0.1) is 0 Å². The van der Waals surface area contributed by atoms with E-state index in [0.29, 0.717) is 32.2 Å². The number of ether oxygens (including phenoxy) is 1. The summed E-state index contributed by atoms with van der Waals surface area (Å²) < 4.78 is 7.02. The van der Waals surface area contributed by atoms with Crippen LogP contribution in [0.15, 0.2) is 23.7 Å². The van der Waals surface area contributed by atoms with E-state index < -0.39 is 0 Å². The van der Waals surface area contributed by atoms with Gasteiger partial charge in [0.15, 0.2) is 5.96 Å². The number of likely N-dealkylation sites (tertiary alicyclic amines) is 1. The minimum atomic E-state index is -0.230. The van der Waals surface area contributed by atoms with Gasteiger partial charge in [-0.05, 0) is 26.2 Å². The number of aromatic nitrogens is 2. The standard InChI is InChI=1S/C15H26N6O2/c1-2-23-15(22)21-9-4-13(5-10-21)19-14(16)18-6-3-8-20-11-7-17-12-20/h7,11-13H,2-6,8-10H2,1H3,(H3,16,18,19). The van der Waals surface area contributed by atoms with Crippen molar-refractivity contribution in [3.63, 3.8) is 0 Å². The number of piperidine rings is 1. The van der Waals surface area contributed by atoms with Crippen molar-refractivity contribution in [3.05, 3.63) is 18.7 Å². The highest BCUT2D eigenvalue weighted by Gasteiger charge is 2.23. The molecule has 0 aliphatic carbocycles. The predicted octanol–water partition coefficient (Wildman–Crippen LogP) is 0.798. The number of aliphatic imine (C=N–C) groups is 1. The highest BCUT2D eigenvalue weighted by Crippen LogP contribution is 2.11. The number of amides is 1. The van der Waals surface area contributed by atoms with Gasteiger partial charge in [0.05, 0.1) is 12.9 Å². The van der Waals surface area contributed by atoms with Gasteiger partial charge in [-0.1, -0.05) is 0 Å². The Morgan fingerprint density at radius 3 is 2.91 bits per heavy atom. The van der Waals surface area contributed by atoms with Crippen LogP contribution in [-0.4, -0.2) is 58.8 Å². The third kappa shape index (κ3) is 5.80. The number of hydrogen-bond donors (Lipinski definition) is 2. The first kappa shape index (κ1) is 17.1. The fraction of sp³-hybridized carbons (Fsp3) is 0.667. The molecule has 1 aromatic rings. The highest BCUT2D eigenvalue weighted by molar-refractivity contribution is 5.78. The number of rotatable bonds is 6. The third-order valence-corrected chi connectivity index (χ3v) is 3.79. The number of hydrogen-bond acceptors (Lipinski definition) is 4. The third-order valence-electron chi connectivity index (χ3n) is 3.79. The normalized spacial score (nSPS) is 16.4. The molecule has 0 bridgehead atoms. The maximum absolute atomic E-state index is 11.6. The monoisotopic (exact) mass is 322 g/mol. The van der Waals surface area contributed by atoms with Gasteiger partial charge in [0.2, 0.25) is 0 Å². The molecule has 0 radical (unpaired) electrons. The van der Waals surface area contributed by atoms with Crippen LogP contribution in [0.1, 0.15) is 26.2 Å². The first-order chi connectivity index (χ1) is 11.2. The van der Waals surface area contributed by atoms with E-state index in [2.05, 4.69) is 15.3 Å². The van der Waals surface area contributed by atoms with Crippen molar-refractivity contribution < 1.29 is 9.53 Å². The summed E-state index contributed by atoms with van der Waals surface area (Å²) >= 11 is 0. The predicted molar refractivity (Wildman–Crippen MR) is 88.1 cm³/mol. The summed E-state index contributed by atoms with van der Waals surface area (Å²) in [6.07, 6.45) is 7.88. The molecule has 0 spiro atoms. The summed E-state index contributed by atoms with van der Waals surface area (Å²) in [5, 5.41) is 3.23. The summed E-state index contributed by atoms with van der Waals surface area (Å²) in [5.41, 5.74) is 5.92. The van der Waals surface area contributed by atoms with Crippen LogP contribution >= 0.6 is 0 Å². The van der Waals surface area contributed by atoms with Gasteiger partial charge in [-0.25, -0.2) is 9.78 Å². The van der Waals surface area contributed by atoms with E-state index in [1.165, 1.54) is 0 Å². The Bertz CT molecular complexity index is 494. The Hall–Kier alpha value is -2.25. The van der Waals surface area contributed by atoms with Crippen LogP contribution in [0.2, 0.25) is 0 Å². The van der Waals surface area contributed by atoms with Gasteiger partial charge < -0.3 is 25.3 Å². The first-order valence-corrected chi connectivity index (χ1v) is 8.13. The van der Waals surface area contributed by atoms with Crippen molar-refractivity contribution in [2.75, 3.05) is 26.2 Å². The van der Waals surface area contributed by atoms with E-state index in [1.807, 2.05) is 17.7 Å². The summed E-state index contributed by atoms with van der Waals surface area (Å²) in [6.45, 7) is 5.16. The summed E-state index contributed by atoms with van der Waals surface area (Å²) in [4.78, 5) is 21.7. The zero-order chi connectivity index (χ0) is 16.5. The SMILES string of the molecule is CCOC(=O)N1CCC(NC(N)=NCCCn2ccnc2)CC1. The van der Waals surface area contributed by atoms with Crippen molar-refractivity contribution in [1.29, 1.82) is 0 Å². The molecule has 1 amide bonds. The second kappa shape index (κ2) is 9.02. The molecule has 23 heavy (non-hydrogen) atoms. The Kier molecular flexibility index (Phi) is 6.71. The molecule has 0 unspecified atom stereocenters. The van der Waals surface area contributed by atoms with Gasteiger partial charge in [-0.3, -0.25) is 4.99 Å². The van der Waals surface area contributed by atoms with E-state index in [9.17, 15) is 4.79 Å². The smallest absolute Gasteiger partial charge is 0.409 e. The lowest BCUT2D eigenvalue weighted by Crippen LogP contribution is -2.48. The Morgan fingerprint density at radius 1 is 1.48 bits per heavy atom. The molecule has 2 rings (SSSR count). The molecule has 3 N–H and O–H groups in total. The molecule has 1 aliphatic heterocycles. The summed E-state index contributed by atoms with van der Waals surface area (Å²) in [7, 11) is 0. The van der Waals surface area contributed by atoms with E-state index in [-0.39, 0.29) is 12.1 Å². The van der Waals surface area contributed by atoms with Gasteiger partial charge in [0, 0.05) is 44.6 Å². The van der Waals surface area contributed by atoms with Crippen molar-refractivity contribution in [3.8, 4) is 0 Å². The zero-order valence-corrected chi connectivity index (χ0v) is 13.6. The molecule has 128 valence electrons. The van der Waals surface area contributed by atoms with Crippen LogP contribution in [0.4, 0.5) is 4.79 Å². The van der Waals surface area contributed by atoms with Gasteiger partial charge in [-0.15, -0.1) is 0 Å². The number of aryl methyl sites for hydroxylation is 1. The number of nitrogens with two attached hydrogens (primary N) is 1. The summed E-state index contributed by atoms with van der Waals surface area (Å²) in [6, 6.07) is 0.262. The summed E-state index contributed by atoms with van der Waals surface area (Å²) in [5.74, 6) is 0.477. The molecule has 8 nitrogen and oxygen atoms in total. The van der Waals surface area contributed by atoms with Crippen LogP contribution in [0.25, 0.3) is 0 Å². The Labute approximate surface area is 136 Å². The number of guanidine groups is 1. The second-order valence-corrected chi connectivity index (χ2v) is 5.53. The van der Waals surface area contributed by atoms with Crippen molar-refractivity contribution in [1.82, 2.24) is 19.8 Å². The lowest BCUT2D eigenvalue weighted by atomic mass is 10.1. The second-order valence-electron chi connectivity index (χ2n) is 5.53. The minimum Gasteiger partial charge on any atom is -0.450 e. The Balaban J connectivity index is 1.63. The molecule has 2 heterocycles. The highest BCUT2D eigenvalue weighted by atomic mass is 16.6. The van der Waals surface area contributed by atoms with Crippen molar-refractivity contribution in [2.24, 2.45) is 10.7 Å². The Morgan fingerprint density at radius 2 is 2.26 bits per heavy atom. The average Bonchev–Trinajstić information content (AvgIpc) is 3.06. The average molecular weight is 322 g/mol. The number of carbonyl (C=O) groups excluding carboxylic acids is 1. The topological polar surface area (TPSA) is 97.8 Å². The number of nitrogens with zero attached hydrogens (tertiary/aromatic N) is 4. The van der Waals surface area contributed by atoms with Crippen LogP contribution < -0.4 is 11.1 Å². The molecule has 0 atom stereocenters. The molecule has 1 aliphatic rings. The van der Waals surface area contributed by atoms with Crippen LogP contribution in [0.3, 0.4) is 0 Å². The fourth-order valence-electron chi connectivity index (χ4n) is 2.55. The maximum Gasteiger partial charge on any atom is 0.409 e. The molecular weight excluding hydrogens is 296 g/mol. The van der Waals surface area contributed by atoms with Gasteiger partial charge in [-0.2, -0.15) is 0 Å². The van der Waals surface area contributed by atoms with E-state index in [0.717, 1.165) is 25.8 Å². The first-order valence-electron chi connectivity index (χ1n) is 8.13. The number of nitrogens with one attached hydrogen (secondary N) is 1. The lowest BCUT2D eigenvalue weighted by Gasteiger charge is -2.31. The number of imidazole rings is 1. The van der Waals surface area contributed by atoms with Crippen molar-refractivity contribution in [2.45, 2.75) is 38.8 Å². The van der Waals surface area contributed by atoms with E-state index in [1.54, 1.807) is 17.4 Å². The molecule has 1 fully saturated rings. The maximum atomic E-state index is 11.6. The zero-order valence-electron chi connectivity index (χ0n) is 13.6. The molecule has 0 saturated carbocycles. The minimum absolute atomic E-state index is 0.230. The van der Waals surface area contributed by atoms with E-state index >= 15 is 0 Å². The fourth-order valence-corrected chi connectivity index (χ4v) is 2.55. The molecule has 0 aromatic carbocycles. The van der Waals surface area contributed by atoms with Crippen LogP contribution in [-0.2, 0) is 11.3 Å². The lowest BCUT2D eigenvalue weighted by molar-refractivity contribution is 0.0963. The van der Waals surface area contributed by atoms with Crippen LogP contribution in [0.5, 0.6) is 0 Å². The van der Waals surface area contributed by atoms with Crippen molar-refractivity contribution >= 4 is 12.1 Å². The molecular formula is C15H26N6O2. The molecule has 1 aromatic heterocycles. The molecule has 1 saturated heterocycles. The molecule has 8 heteroatoms. The van der Waals surface area contributed by atoms with E-state index in [4.69, 9.17) is 10.5 Å². The van der Waals surface area contributed by atoms with Gasteiger partial charge in [0.1, 0.15) is 0 Å². The van der Waals surface area contributed by atoms with Gasteiger partial charge >= 0.3 is 6.09 Å². The quantitative estimate of drug-likeness (QED) is 0.458.